The second kappa shape index (κ2) is 6.83. The summed E-state index contributed by atoms with van der Waals surface area (Å²) in [5.74, 6) is 3.45. The van der Waals surface area contributed by atoms with Gasteiger partial charge in [-0.3, -0.25) is 14.5 Å². The van der Waals surface area contributed by atoms with Crippen LogP contribution in [0.25, 0.3) is 11.4 Å². The number of H-pyrrole nitrogens is 1. The standard InChI is InChI=1S/C22H28N4OS/c1-14-2-4-18(5-3-14)20-24-25-21(28)26(20)12-19(27)23-13-22-9-15-6-16(10-22)8-17(7-15)11-22/h2-5,15-17H,6-13H2,1H3,(H,23,27)(H,25,28). The van der Waals surface area contributed by atoms with Crippen molar-refractivity contribution in [2.75, 3.05) is 6.54 Å². The van der Waals surface area contributed by atoms with Crippen molar-refractivity contribution >= 4 is 18.1 Å². The van der Waals surface area contributed by atoms with Gasteiger partial charge in [0.25, 0.3) is 0 Å². The van der Waals surface area contributed by atoms with E-state index >= 15 is 0 Å². The van der Waals surface area contributed by atoms with Crippen LogP contribution in [-0.4, -0.2) is 27.2 Å². The predicted molar refractivity (Wildman–Crippen MR) is 111 cm³/mol. The third-order valence-electron chi connectivity index (χ3n) is 7.20. The minimum Gasteiger partial charge on any atom is -0.354 e. The summed E-state index contributed by atoms with van der Waals surface area (Å²) >= 11 is 5.38. The molecule has 4 saturated carbocycles. The molecule has 6 rings (SSSR count). The maximum absolute atomic E-state index is 12.8. The van der Waals surface area contributed by atoms with Crippen LogP contribution in [0, 0.1) is 34.9 Å². The van der Waals surface area contributed by atoms with E-state index in [-0.39, 0.29) is 12.5 Å². The van der Waals surface area contributed by atoms with Gasteiger partial charge in [-0.2, -0.15) is 5.10 Å². The summed E-state index contributed by atoms with van der Waals surface area (Å²) in [6.45, 7) is 3.09. The molecule has 4 fully saturated rings. The molecule has 4 bridgehead atoms. The molecule has 148 valence electrons. The summed E-state index contributed by atoms with van der Waals surface area (Å²) in [5, 5.41) is 10.4. The van der Waals surface area contributed by atoms with E-state index in [0.29, 0.717) is 10.2 Å². The molecule has 4 aliphatic rings. The summed E-state index contributed by atoms with van der Waals surface area (Å²) in [6, 6.07) is 8.13. The Bertz CT molecular complexity index is 907. The van der Waals surface area contributed by atoms with Crippen molar-refractivity contribution in [2.24, 2.45) is 23.2 Å². The fourth-order valence-corrected chi connectivity index (χ4v) is 6.58. The number of carbonyl (C=O) groups is 1. The smallest absolute Gasteiger partial charge is 0.240 e. The Hall–Kier alpha value is -1.95. The van der Waals surface area contributed by atoms with Gasteiger partial charge in [-0.1, -0.05) is 29.8 Å². The van der Waals surface area contributed by atoms with E-state index in [2.05, 4.69) is 22.4 Å². The second-order valence-electron chi connectivity index (χ2n) is 9.50. The zero-order valence-electron chi connectivity index (χ0n) is 16.4. The topological polar surface area (TPSA) is 62.7 Å². The molecular formula is C22H28N4OS. The zero-order chi connectivity index (χ0) is 19.3. The first-order chi connectivity index (χ1) is 13.5. The molecule has 1 amide bonds. The lowest BCUT2D eigenvalue weighted by Gasteiger charge is -2.56. The lowest BCUT2D eigenvalue weighted by atomic mass is 9.49. The highest BCUT2D eigenvalue weighted by Gasteiger charge is 2.50. The summed E-state index contributed by atoms with van der Waals surface area (Å²) in [4.78, 5) is 12.8. The molecule has 5 nitrogen and oxygen atoms in total. The monoisotopic (exact) mass is 396 g/mol. The van der Waals surface area contributed by atoms with Gasteiger partial charge < -0.3 is 5.32 Å². The summed E-state index contributed by atoms with van der Waals surface area (Å²) in [6.07, 6.45) is 8.20. The molecule has 2 N–H and O–H groups in total. The number of nitrogens with zero attached hydrogens (tertiary/aromatic N) is 2. The van der Waals surface area contributed by atoms with Gasteiger partial charge in [0.1, 0.15) is 6.54 Å². The van der Waals surface area contributed by atoms with Crippen LogP contribution in [0.1, 0.15) is 44.1 Å². The van der Waals surface area contributed by atoms with Gasteiger partial charge in [0.05, 0.1) is 0 Å². The summed E-state index contributed by atoms with van der Waals surface area (Å²) in [5.41, 5.74) is 2.51. The number of amides is 1. The fraction of sp³-hybridized carbons (Fsp3) is 0.591. The number of aromatic nitrogens is 3. The number of carbonyl (C=O) groups excluding carboxylic acids is 1. The van der Waals surface area contributed by atoms with E-state index in [9.17, 15) is 4.79 Å². The van der Waals surface area contributed by atoms with Crippen LogP contribution in [0.15, 0.2) is 24.3 Å². The largest absolute Gasteiger partial charge is 0.354 e. The minimum atomic E-state index is 0.0293. The van der Waals surface area contributed by atoms with Crippen molar-refractivity contribution in [3.63, 3.8) is 0 Å². The minimum absolute atomic E-state index is 0.0293. The number of hydrogen-bond donors (Lipinski definition) is 2. The third-order valence-corrected chi connectivity index (χ3v) is 7.51. The molecule has 28 heavy (non-hydrogen) atoms. The van der Waals surface area contributed by atoms with Gasteiger partial charge in [0, 0.05) is 12.1 Å². The van der Waals surface area contributed by atoms with Crippen molar-refractivity contribution in [3.8, 4) is 11.4 Å². The molecule has 0 unspecified atom stereocenters. The Balaban J connectivity index is 1.27. The van der Waals surface area contributed by atoms with Crippen LogP contribution in [0.4, 0.5) is 0 Å². The fourth-order valence-electron chi connectivity index (χ4n) is 6.38. The van der Waals surface area contributed by atoms with Crippen LogP contribution in [0.2, 0.25) is 0 Å². The first-order valence-corrected chi connectivity index (χ1v) is 10.9. The Labute approximate surface area is 170 Å². The molecule has 0 aliphatic heterocycles. The third kappa shape index (κ3) is 3.32. The molecule has 1 aromatic heterocycles. The number of hydrogen-bond acceptors (Lipinski definition) is 3. The van der Waals surface area contributed by atoms with Crippen LogP contribution in [0.5, 0.6) is 0 Å². The highest BCUT2D eigenvalue weighted by Crippen LogP contribution is 2.59. The normalized spacial score (nSPS) is 30.5. The van der Waals surface area contributed by atoms with Crippen molar-refractivity contribution in [3.05, 3.63) is 34.6 Å². The SMILES string of the molecule is Cc1ccc(-c2n[nH]c(=S)n2CC(=O)NCC23CC4CC(CC(C4)C2)C3)cc1. The lowest BCUT2D eigenvalue weighted by Crippen LogP contribution is -2.51. The molecule has 2 aromatic rings. The van der Waals surface area contributed by atoms with E-state index in [1.54, 1.807) is 4.57 Å². The number of aryl methyl sites for hydroxylation is 1. The molecule has 0 atom stereocenters. The van der Waals surface area contributed by atoms with E-state index in [4.69, 9.17) is 12.2 Å². The highest BCUT2D eigenvalue weighted by atomic mass is 32.1. The molecule has 0 radical (unpaired) electrons. The van der Waals surface area contributed by atoms with Gasteiger partial charge in [-0.15, -0.1) is 0 Å². The molecule has 0 spiro atoms. The Kier molecular flexibility index (Phi) is 4.42. The van der Waals surface area contributed by atoms with Gasteiger partial charge in [0.15, 0.2) is 10.6 Å². The molecular weight excluding hydrogens is 368 g/mol. The van der Waals surface area contributed by atoms with Gasteiger partial charge >= 0.3 is 0 Å². The molecule has 0 saturated heterocycles. The van der Waals surface area contributed by atoms with E-state index in [1.807, 2.05) is 24.3 Å². The first kappa shape index (κ1) is 18.1. The predicted octanol–water partition coefficient (Wildman–Crippen LogP) is 4.25. The van der Waals surface area contributed by atoms with Crippen LogP contribution in [0.3, 0.4) is 0 Å². The molecule has 1 heterocycles. The molecule has 6 heteroatoms. The molecule has 1 aromatic carbocycles. The van der Waals surface area contributed by atoms with E-state index in [1.165, 1.54) is 44.1 Å². The van der Waals surface area contributed by atoms with E-state index in [0.717, 1.165) is 35.7 Å². The van der Waals surface area contributed by atoms with Gasteiger partial charge in [0.2, 0.25) is 5.91 Å². The summed E-state index contributed by atoms with van der Waals surface area (Å²) in [7, 11) is 0. The Morgan fingerprint density at radius 1 is 1.18 bits per heavy atom. The average Bonchev–Trinajstić information content (AvgIpc) is 3.00. The zero-order valence-corrected chi connectivity index (χ0v) is 17.2. The summed E-state index contributed by atoms with van der Waals surface area (Å²) < 4.78 is 2.29. The maximum Gasteiger partial charge on any atom is 0.240 e. The lowest BCUT2D eigenvalue weighted by molar-refractivity contribution is -0.123. The van der Waals surface area contributed by atoms with Crippen molar-refractivity contribution in [2.45, 2.75) is 52.0 Å². The second-order valence-corrected chi connectivity index (χ2v) is 9.89. The van der Waals surface area contributed by atoms with Crippen molar-refractivity contribution in [1.29, 1.82) is 0 Å². The van der Waals surface area contributed by atoms with Crippen LogP contribution >= 0.6 is 12.2 Å². The molecule has 4 aliphatic carbocycles. The average molecular weight is 397 g/mol. The van der Waals surface area contributed by atoms with E-state index < -0.39 is 0 Å². The first-order valence-electron chi connectivity index (χ1n) is 10.5. The number of rotatable bonds is 5. The van der Waals surface area contributed by atoms with Gasteiger partial charge in [-0.25, -0.2) is 0 Å². The van der Waals surface area contributed by atoms with Crippen molar-refractivity contribution < 1.29 is 4.79 Å². The quantitative estimate of drug-likeness (QED) is 0.743. The Morgan fingerprint density at radius 2 is 1.79 bits per heavy atom. The highest BCUT2D eigenvalue weighted by molar-refractivity contribution is 7.71. The van der Waals surface area contributed by atoms with Crippen LogP contribution in [-0.2, 0) is 11.3 Å². The Morgan fingerprint density at radius 3 is 2.39 bits per heavy atom. The maximum atomic E-state index is 12.8. The van der Waals surface area contributed by atoms with Crippen molar-refractivity contribution in [1.82, 2.24) is 20.1 Å². The van der Waals surface area contributed by atoms with Crippen LogP contribution < -0.4 is 5.32 Å². The number of aromatic amines is 1. The number of benzene rings is 1. The number of nitrogens with one attached hydrogen (secondary N) is 2. The van der Waals surface area contributed by atoms with Gasteiger partial charge in [-0.05, 0) is 80.8 Å².